The predicted octanol–water partition coefficient (Wildman–Crippen LogP) is -1.21. The van der Waals surface area contributed by atoms with E-state index in [-0.39, 0.29) is 6.04 Å². The van der Waals surface area contributed by atoms with Crippen LogP contribution in [0, 0.1) is 0 Å². The standard InChI is InChI=1S/C6H11N3O2/c7-5(6(10)11)1-4-2-8-3-9-4/h3-5H,1-2,7H2,(H,8,9)(H,10,11). The third-order valence-electron chi connectivity index (χ3n) is 1.57. The number of rotatable bonds is 3. The molecule has 0 aromatic rings. The van der Waals surface area contributed by atoms with E-state index in [1.165, 1.54) is 0 Å². The van der Waals surface area contributed by atoms with Crippen molar-refractivity contribution in [2.45, 2.75) is 18.5 Å². The van der Waals surface area contributed by atoms with E-state index in [1.807, 2.05) is 0 Å². The Balaban J connectivity index is 2.29. The quantitative estimate of drug-likeness (QED) is 0.479. The highest BCUT2D eigenvalue weighted by Crippen LogP contribution is 2.02. The molecule has 0 fully saturated rings. The zero-order valence-electron chi connectivity index (χ0n) is 6.03. The van der Waals surface area contributed by atoms with E-state index < -0.39 is 12.0 Å². The molecule has 0 saturated carbocycles. The zero-order chi connectivity index (χ0) is 8.27. The molecule has 1 heterocycles. The number of aliphatic imine (C=N–C) groups is 1. The molecule has 1 aliphatic rings. The molecule has 11 heavy (non-hydrogen) atoms. The molecular formula is C6H11N3O2. The molecule has 0 aromatic carbocycles. The summed E-state index contributed by atoms with van der Waals surface area (Å²) in [6.45, 7) is 0.695. The molecule has 5 heteroatoms. The first-order chi connectivity index (χ1) is 5.20. The van der Waals surface area contributed by atoms with E-state index in [0.717, 1.165) is 0 Å². The van der Waals surface area contributed by atoms with Crippen LogP contribution >= 0.6 is 0 Å². The Morgan fingerprint density at radius 2 is 2.73 bits per heavy atom. The fourth-order valence-corrected chi connectivity index (χ4v) is 0.938. The number of nitrogens with zero attached hydrogens (tertiary/aromatic N) is 1. The maximum absolute atomic E-state index is 10.3. The van der Waals surface area contributed by atoms with Crippen molar-refractivity contribution in [3.63, 3.8) is 0 Å². The van der Waals surface area contributed by atoms with Crippen LogP contribution in [0.15, 0.2) is 4.99 Å². The van der Waals surface area contributed by atoms with Gasteiger partial charge in [-0.05, 0) is 6.42 Å². The van der Waals surface area contributed by atoms with Crippen molar-refractivity contribution < 1.29 is 9.90 Å². The zero-order valence-corrected chi connectivity index (χ0v) is 6.03. The minimum atomic E-state index is -0.966. The molecule has 2 unspecified atom stereocenters. The van der Waals surface area contributed by atoms with Crippen molar-refractivity contribution in [3.05, 3.63) is 0 Å². The summed E-state index contributed by atoms with van der Waals surface area (Å²) in [6.07, 6.45) is 1.98. The second kappa shape index (κ2) is 3.34. The maximum atomic E-state index is 10.3. The highest BCUT2D eigenvalue weighted by molar-refractivity contribution is 5.73. The van der Waals surface area contributed by atoms with E-state index in [1.54, 1.807) is 6.34 Å². The molecule has 0 aromatic heterocycles. The maximum Gasteiger partial charge on any atom is 0.320 e. The number of nitrogens with one attached hydrogen (secondary N) is 1. The summed E-state index contributed by atoms with van der Waals surface area (Å²) < 4.78 is 0. The lowest BCUT2D eigenvalue weighted by atomic mass is 10.1. The first-order valence-electron chi connectivity index (χ1n) is 3.43. The third kappa shape index (κ3) is 2.19. The molecular weight excluding hydrogens is 146 g/mol. The van der Waals surface area contributed by atoms with Crippen molar-refractivity contribution in [3.8, 4) is 0 Å². The van der Waals surface area contributed by atoms with Crippen molar-refractivity contribution in [2.24, 2.45) is 10.7 Å². The molecule has 1 rings (SSSR count). The van der Waals surface area contributed by atoms with E-state index >= 15 is 0 Å². The fraction of sp³-hybridized carbons (Fsp3) is 0.667. The number of carboxylic acids is 1. The summed E-state index contributed by atoms with van der Waals surface area (Å²) >= 11 is 0. The van der Waals surface area contributed by atoms with Crippen LogP contribution in [0.5, 0.6) is 0 Å². The fourth-order valence-electron chi connectivity index (χ4n) is 0.938. The summed E-state index contributed by atoms with van der Waals surface area (Å²) in [7, 11) is 0. The van der Waals surface area contributed by atoms with Crippen molar-refractivity contribution in [1.29, 1.82) is 0 Å². The van der Waals surface area contributed by atoms with Gasteiger partial charge < -0.3 is 16.2 Å². The van der Waals surface area contributed by atoms with E-state index in [9.17, 15) is 4.79 Å². The summed E-state index contributed by atoms with van der Waals surface area (Å²) in [5.74, 6) is -0.966. The van der Waals surface area contributed by atoms with E-state index in [2.05, 4.69) is 10.3 Å². The van der Waals surface area contributed by atoms with Gasteiger partial charge in [-0.1, -0.05) is 0 Å². The molecule has 1 aliphatic heterocycles. The average molecular weight is 157 g/mol. The molecule has 5 nitrogen and oxygen atoms in total. The molecule has 0 spiro atoms. The van der Waals surface area contributed by atoms with Gasteiger partial charge in [-0.25, -0.2) is 0 Å². The van der Waals surface area contributed by atoms with E-state index in [4.69, 9.17) is 10.8 Å². The number of hydrogen-bond acceptors (Lipinski definition) is 4. The molecule has 0 bridgehead atoms. The minimum Gasteiger partial charge on any atom is -0.480 e. The van der Waals surface area contributed by atoms with Gasteiger partial charge in [0.2, 0.25) is 0 Å². The topological polar surface area (TPSA) is 87.7 Å². The average Bonchev–Trinajstić information content (AvgIpc) is 2.39. The lowest BCUT2D eigenvalue weighted by Crippen LogP contribution is -2.34. The lowest BCUT2D eigenvalue weighted by Gasteiger charge is -2.08. The molecule has 0 amide bonds. The van der Waals surface area contributed by atoms with Crippen molar-refractivity contribution in [1.82, 2.24) is 5.32 Å². The Labute approximate surface area is 64.3 Å². The number of hydrogen-bond donors (Lipinski definition) is 3. The monoisotopic (exact) mass is 157 g/mol. The Hall–Kier alpha value is -1.10. The van der Waals surface area contributed by atoms with Gasteiger partial charge in [-0.2, -0.15) is 0 Å². The van der Waals surface area contributed by atoms with Gasteiger partial charge in [0.15, 0.2) is 0 Å². The summed E-state index contributed by atoms with van der Waals surface area (Å²) in [5.41, 5.74) is 5.30. The van der Waals surface area contributed by atoms with Gasteiger partial charge in [0, 0.05) is 6.54 Å². The molecule has 0 saturated heterocycles. The largest absolute Gasteiger partial charge is 0.480 e. The van der Waals surface area contributed by atoms with Crippen molar-refractivity contribution in [2.75, 3.05) is 6.54 Å². The van der Waals surface area contributed by atoms with Crippen LogP contribution in [0.3, 0.4) is 0 Å². The van der Waals surface area contributed by atoms with E-state index in [0.29, 0.717) is 13.0 Å². The predicted molar refractivity (Wildman–Crippen MR) is 40.5 cm³/mol. The molecule has 4 N–H and O–H groups in total. The first kappa shape index (κ1) is 8.00. The normalized spacial score (nSPS) is 24.6. The Morgan fingerprint density at radius 3 is 3.18 bits per heavy atom. The second-order valence-corrected chi connectivity index (χ2v) is 2.52. The van der Waals surface area contributed by atoms with Crippen molar-refractivity contribution >= 4 is 12.3 Å². The van der Waals surface area contributed by atoms with Crippen LogP contribution in [-0.2, 0) is 4.79 Å². The van der Waals surface area contributed by atoms with Crippen LogP contribution in [0.1, 0.15) is 6.42 Å². The van der Waals surface area contributed by atoms with Gasteiger partial charge in [-0.15, -0.1) is 0 Å². The van der Waals surface area contributed by atoms with Crippen LogP contribution in [-0.4, -0.2) is 36.0 Å². The van der Waals surface area contributed by atoms with Crippen LogP contribution < -0.4 is 11.1 Å². The Morgan fingerprint density at radius 1 is 2.00 bits per heavy atom. The van der Waals surface area contributed by atoms with Gasteiger partial charge in [0.05, 0.1) is 12.4 Å². The minimum absolute atomic E-state index is 0.0288. The number of carboxylic acid groups (broad SMARTS) is 1. The van der Waals surface area contributed by atoms with Crippen LogP contribution in [0.25, 0.3) is 0 Å². The molecule has 0 radical (unpaired) electrons. The molecule has 0 aliphatic carbocycles. The number of carbonyl (C=O) groups is 1. The van der Waals surface area contributed by atoms with Gasteiger partial charge in [-0.3, -0.25) is 9.79 Å². The molecule has 62 valence electrons. The number of aliphatic carboxylic acids is 1. The third-order valence-corrected chi connectivity index (χ3v) is 1.57. The van der Waals surface area contributed by atoms with Crippen LogP contribution in [0.4, 0.5) is 0 Å². The second-order valence-electron chi connectivity index (χ2n) is 2.52. The SMILES string of the molecule is NC(CC1CNC=N1)C(=O)O. The Kier molecular flexibility index (Phi) is 2.43. The summed E-state index contributed by atoms with van der Waals surface area (Å²) in [4.78, 5) is 14.3. The first-order valence-corrected chi connectivity index (χ1v) is 3.43. The number of nitrogens with two attached hydrogens (primary N) is 1. The van der Waals surface area contributed by atoms with Gasteiger partial charge in [0.25, 0.3) is 0 Å². The van der Waals surface area contributed by atoms with Crippen LogP contribution in [0.2, 0.25) is 0 Å². The molecule has 2 atom stereocenters. The highest BCUT2D eigenvalue weighted by atomic mass is 16.4. The van der Waals surface area contributed by atoms with Gasteiger partial charge in [0.1, 0.15) is 6.04 Å². The Bertz CT molecular complexity index is 181. The van der Waals surface area contributed by atoms with Gasteiger partial charge >= 0.3 is 5.97 Å². The summed E-state index contributed by atoms with van der Waals surface area (Å²) in [6, 6.07) is -0.766. The lowest BCUT2D eigenvalue weighted by molar-refractivity contribution is -0.138. The smallest absolute Gasteiger partial charge is 0.320 e. The highest BCUT2D eigenvalue weighted by Gasteiger charge is 2.19. The summed E-state index contributed by atoms with van der Waals surface area (Å²) in [5, 5.41) is 11.3.